The van der Waals surface area contributed by atoms with Gasteiger partial charge < -0.3 is 10.2 Å². The quantitative estimate of drug-likeness (QED) is 0.847. The maximum absolute atomic E-state index is 13.0. The molecule has 0 aromatic carbocycles. The highest BCUT2D eigenvalue weighted by Gasteiger charge is 2.25. The van der Waals surface area contributed by atoms with Gasteiger partial charge in [0, 0.05) is 37.7 Å². The largest absolute Gasteiger partial charge is 0.353 e. The van der Waals surface area contributed by atoms with Gasteiger partial charge in [0.05, 0.1) is 17.9 Å². The summed E-state index contributed by atoms with van der Waals surface area (Å²) in [6.07, 6.45) is 4.11. The summed E-state index contributed by atoms with van der Waals surface area (Å²) in [6, 6.07) is 4.15. The first kappa shape index (κ1) is 18.6. The highest BCUT2D eigenvalue weighted by Crippen LogP contribution is 2.19. The number of rotatable bonds is 5. The minimum absolute atomic E-state index is 0.0754. The van der Waals surface area contributed by atoms with Gasteiger partial charge in [-0.25, -0.2) is 9.97 Å². The van der Waals surface area contributed by atoms with Gasteiger partial charge in [-0.05, 0) is 45.2 Å². The van der Waals surface area contributed by atoms with Gasteiger partial charge in [-0.15, -0.1) is 0 Å². The number of hydrogen-bond donors (Lipinski definition) is 1. The van der Waals surface area contributed by atoms with Crippen molar-refractivity contribution in [3.8, 4) is 0 Å². The third-order valence-electron chi connectivity index (χ3n) is 5.09. The highest BCUT2D eigenvalue weighted by molar-refractivity contribution is 5.92. The summed E-state index contributed by atoms with van der Waals surface area (Å²) in [4.78, 5) is 35.2. The number of carbonyl (C=O) groups excluding carboxylic acids is 2. The van der Waals surface area contributed by atoms with E-state index >= 15 is 0 Å². The number of carbonyl (C=O) groups is 2. The van der Waals surface area contributed by atoms with Crippen LogP contribution in [0, 0.1) is 13.8 Å². The minimum Gasteiger partial charge on any atom is -0.353 e. The number of aromatic nitrogens is 4. The standard InChI is InChI=1S/C20H26N6O2/c1-13-10-18(22-14(2)21-13)20(28)25-8-3-9-26-17(12-25)11-16(24-26)6-7-19(27)23-15-4-5-15/h10-11,15H,3-9,12H2,1-2H3,(H,23,27). The summed E-state index contributed by atoms with van der Waals surface area (Å²) in [7, 11) is 0. The highest BCUT2D eigenvalue weighted by atomic mass is 16.2. The van der Waals surface area contributed by atoms with Crippen LogP contribution >= 0.6 is 0 Å². The molecule has 0 unspecified atom stereocenters. The van der Waals surface area contributed by atoms with Gasteiger partial charge in [-0.2, -0.15) is 5.10 Å². The zero-order valence-electron chi connectivity index (χ0n) is 16.4. The van der Waals surface area contributed by atoms with Crippen molar-refractivity contribution in [1.29, 1.82) is 0 Å². The zero-order chi connectivity index (χ0) is 19.7. The average molecular weight is 382 g/mol. The van der Waals surface area contributed by atoms with Gasteiger partial charge in [0.25, 0.3) is 5.91 Å². The molecule has 1 fully saturated rings. The van der Waals surface area contributed by atoms with Crippen molar-refractivity contribution in [3.63, 3.8) is 0 Å². The second-order valence-electron chi connectivity index (χ2n) is 7.71. The van der Waals surface area contributed by atoms with Gasteiger partial charge in [0.1, 0.15) is 11.5 Å². The number of hydrogen-bond acceptors (Lipinski definition) is 5. The van der Waals surface area contributed by atoms with Gasteiger partial charge in [0.2, 0.25) is 5.91 Å². The van der Waals surface area contributed by atoms with Crippen molar-refractivity contribution in [2.24, 2.45) is 0 Å². The van der Waals surface area contributed by atoms with E-state index in [1.807, 2.05) is 22.6 Å². The van der Waals surface area contributed by atoms with Crippen molar-refractivity contribution in [1.82, 2.24) is 30.0 Å². The topological polar surface area (TPSA) is 93.0 Å². The molecule has 2 amide bonds. The molecule has 4 rings (SSSR count). The molecule has 1 aliphatic carbocycles. The first-order valence-electron chi connectivity index (χ1n) is 9.94. The Morgan fingerprint density at radius 1 is 1.18 bits per heavy atom. The number of amides is 2. The Balaban J connectivity index is 1.43. The fraction of sp³-hybridized carbons (Fsp3) is 0.550. The zero-order valence-corrected chi connectivity index (χ0v) is 16.4. The number of fused-ring (bicyclic) bond motifs is 1. The predicted molar refractivity (Wildman–Crippen MR) is 103 cm³/mol. The van der Waals surface area contributed by atoms with Gasteiger partial charge >= 0.3 is 0 Å². The SMILES string of the molecule is Cc1cc(C(=O)N2CCCn3nc(CCC(=O)NC4CC4)cc3C2)nc(C)n1. The third-order valence-corrected chi connectivity index (χ3v) is 5.09. The van der Waals surface area contributed by atoms with E-state index in [-0.39, 0.29) is 11.8 Å². The lowest BCUT2D eigenvalue weighted by molar-refractivity contribution is -0.121. The van der Waals surface area contributed by atoms with Crippen molar-refractivity contribution >= 4 is 11.8 Å². The van der Waals surface area contributed by atoms with E-state index in [1.165, 1.54) is 0 Å². The molecule has 0 bridgehead atoms. The van der Waals surface area contributed by atoms with E-state index < -0.39 is 0 Å². The van der Waals surface area contributed by atoms with Crippen LogP contribution < -0.4 is 5.32 Å². The molecule has 1 saturated carbocycles. The Bertz CT molecular complexity index is 882. The van der Waals surface area contributed by atoms with E-state index in [0.717, 1.165) is 42.9 Å². The first-order chi connectivity index (χ1) is 13.5. The van der Waals surface area contributed by atoms with Crippen LogP contribution in [0.15, 0.2) is 12.1 Å². The summed E-state index contributed by atoms with van der Waals surface area (Å²) in [5, 5.41) is 7.65. The molecule has 0 atom stereocenters. The molecule has 1 N–H and O–H groups in total. The number of nitrogens with one attached hydrogen (secondary N) is 1. The molecule has 148 valence electrons. The maximum Gasteiger partial charge on any atom is 0.272 e. The van der Waals surface area contributed by atoms with Gasteiger partial charge in [0.15, 0.2) is 0 Å². The molecule has 0 spiro atoms. The lowest BCUT2D eigenvalue weighted by Gasteiger charge is -2.19. The minimum atomic E-state index is -0.0754. The molecule has 28 heavy (non-hydrogen) atoms. The third kappa shape index (κ3) is 4.37. The molecule has 8 nitrogen and oxygen atoms in total. The molecule has 0 radical (unpaired) electrons. The Morgan fingerprint density at radius 2 is 2.00 bits per heavy atom. The molecule has 2 aliphatic rings. The predicted octanol–water partition coefficient (Wildman–Crippen LogP) is 1.55. The van der Waals surface area contributed by atoms with Crippen LogP contribution in [-0.4, -0.2) is 49.0 Å². The number of aryl methyl sites for hydroxylation is 4. The summed E-state index contributed by atoms with van der Waals surface area (Å²) < 4.78 is 1.97. The van der Waals surface area contributed by atoms with E-state index in [0.29, 0.717) is 43.5 Å². The Kier molecular flexibility index (Phi) is 5.11. The molecule has 8 heteroatoms. The van der Waals surface area contributed by atoms with Crippen LogP contribution in [0.5, 0.6) is 0 Å². The van der Waals surface area contributed by atoms with E-state index in [9.17, 15) is 9.59 Å². The molecular formula is C20H26N6O2. The normalized spacial score (nSPS) is 16.4. The fourth-order valence-corrected chi connectivity index (χ4v) is 3.57. The molecule has 2 aromatic heterocycles. The summed E-state index contributed by atoms with van der Waals surface area (Å²) >= 11 is 0. The van der Waals surface area contributed by atoms with Crippen LogP contribution in [0.4, 0.5) is 0 Å². The number of nitrogens with zero attached hydrogens (tertiary/aromatic N) is 5. The summed E-state index contributed by atoms with van der Waals surface area (Å²) in [5.74, 6) is 0.626. The van der Waals surface area contributed by atoms with Gasteiger partial charge in [-0.3, -0.25) is 14.3 Å². The Hall–Kier alpha value is -2.77. The van der Waals surface area contributed by atoms with Crippen LogP contribution in [0.2, 0.25) is 0 Å². The first-order valence-corrected chi connectivity index (χ1v) is 9.94. The average Bonchev–Trinajstić information content (AvgIpc) is 3.41. The Labute approximate surface area is 164 Å². The second-order valence-corrected chi connectivity index (χ2v) is 7.71. The molecule has 1 aliphatic heterocycles. The summed E-state index contributed by atoms with van der Waals surface area (Å²) in [5.41, 5.74) is 3.15. The van der Waals surface area contributed by atoms with Crippen molar-refractivity contribution in [3.05, 3.63) is 40.7 Å². The van der Waals surface area contributed by atoms with E-state index in [2.05, 4.69) is 20.4 Å². The van der Waals surface area contributed by atoms with Crippen molar-refractivity contribution in [2.75, 3.05) is 6.54 Å². The fourth-order valence-electron chi connectivity index (χ4n) is 3.57. The molecule has 0 saturated heterocycles. The van der Waals surface area contributed by atoms with Crippen LogP contribution in [0.1, 0.15) is 59.1 Å². The lowest BCUT2D eigenvalue weighted by atomic mass is 10.2. The second kappa shape index (κ2) is 7.69. The molecular weight excluding hydrogens is 356 g/mol. The molecule has 3 heterocycles. The monoisotopic (exact) mass is 382 g/mol. The van der Waals surface area contributed by atoms with Crippen molar-refractivity contribution < 1.29 is 9.59 Å². The lowest BCUT2D eigenvalue weighted by Crippen LogP contribution is -2.31. The molecule has 2 aromatic rings. The van der Waals surface area contributed by atoms with Crippen LogP contribution in [0.25, 0.3) is 0 Å². The van der Waals surface area contributed by atoms with Crippen molar-refractivity contribution in [2.45, 2.75) is 65.1 Å². The smallest absolute Gasteiger partial charge is 0.272 e. The van der Waals surface area contributed by atoms with Gasteiger partial charge in [-0.1, -0.05) is 0 Å². The van der Waals surface area contributed by atoms with Crippen LogP contribution in [0.3, 0.4) is 0 Å². The maximum atomic E-state index is 13.0. The van der Waals surface area contributed by atoms with E-state index in [4.69, 9.17) is 0 Å². The summed E-state index contributed by atoms with van der Waals surface area (Å²) in [6.45, 7) is 5.61. The van der Waals surface area contributed by atoms with E-state index in [1.54, 1.807) is 13.0 Å². The van der Waals surface area contributed by atoms with Crippen LogP contribution in [-0.2, 0) is 24.3 Å². The Morgan fingerprint density at radius 3 is 2.75 bits per heavy atom.